The van der Waals surface area contributed by atoms with Gasteiger partial charge in [-0.25, -0.2) is 0 Å². The quantitative estimate of drug-likeness (QED) is 0.640. The smallest absolute Gasteiger partial charge is 0.0593 e. The van der Waals surface area contributed by atoms with E-state index in [1.165, 1.54) is 25.9 Å². The summed E-state index contributed by atoms with van der Waals surface area (Å²) in [6.07, 6.45) is 2.47. The van der Waals surface area contributed by atoms with Crippen LogP contribution in [0.5, 0.6) is 0 Å². The highest BCUT2D eigenvalue weighted by Crippen LogP contribution is 2.08. The van der Waals surface area contributed by atoms with Gasteiger partial charge in [0.05, 0.1) is 6.61 Å². The van der Waals surface area contributed by atoms with Crippen molar-refractivity contribution in [3.63, 3.8) is 0 Å². The molecule has 96 valence electrons. The van der Waals surface area contributed by atoms with Gasteiger partial charge in [0.15, 0.2) is 0 Å². The van der Waals surface area contributed by atoms with Gasteiger partial charge in [0.1, 0.15) is 0 Å². The number of rotatable bonds is 8. The number of nitrogens with zero attached hydrogens (tertiary/aromatic N) is 1. The topological polar surface area (TPSA) is 24.5 Å². The van der Waals surface area contributed by atoms with E-state index in [4.69, 9.17) is 4.74 Å². The molecule has 1 aliphatic heterocycles. The van der Waals surface area contributed by atoms with Gasteiger partial charge in [0, 0.05) is 25.7 Å². The Morgan fingerprint density at radius 1 is 1.38 bits per heavy atom. The molecule has 16 heavy (non-hydrogen) atoms. The molecule has 0 aromatic carbocycles. The summed E-state index contributed by atoms with van der Waals surface area (Å²) < 4.78 is 5.64. The highest BCUT2D eigenvalue weighted by Gasteiger charge is 2.20. The number of nitrogens with one attached hydrogen (secondary N) is 1. The van der Waals surface area contributed by atoms with Crippen LogP contribution in [0.1, 0.15) is 33.6 Å². The minimum atomic E-state index is 0.709. The molecule has 3 heteroatoms. The maximum Gasteiger partial charge on any atom is 0.0593 e. The third-order valence-electron chi connectivity index (χ3n) is 3.16. The van der Waals surface area contributed by atoms with Crippen molar-refractivity contribution in [3.8, 4) is 0 Å². The first-order valence-corrected chi connectivity index (χ1v) is 6.75. The van der Waals surface area contributed by atoms with Gasteiger partial charge in [0.2, 0.25) is 0 Å². The molecule has 0 saturated carbocycles. The van der Waals surface area contributed by atoms with E-state index in [1.54, 1.807) is 0 Å². The van der Waals surface area contributed by atoms with E-state index in [0.717, 1.165) is 32.2 Å². The van der Waals surface area contributed by atoms with Crippen molar-refractivity contribution in [3.05, 3.63) is 0 Å². The number of hydrogen-bond acceptors (Lipinski definition) is 3. The number of hydrogen-bond donors (Lipinski definition) is 1. The Balaban J connectivity index is 1.94. The van der Waals surface area contributed by atoms with Gasteiger partial charge in [-0.2, -0.15) is 0 Å². The summed E-state index contributed by atoms with van der Waals surface area (Å²) in [7, 11) is 0. The van der Waals surface area contributed by atoms with Crippen LogP contribution in [0, 0.1) is 5.92 Å². The van der Waals surface area contributed by atoms with E-state index in [-0.39, 0.29) is 0 Å². The lowest BCUT2D eigenvalue weighted by atomic mass is 10.1. The van der Waals surface area contributed by atoms with Crippen molar-refractivity contribution < 1.29 is 4.74 Å². The second-order valence-corrected chi connectivity index (χ2v) is 5.14. The summed E-state index contributed by atoms with van der Waals surface area (Å²) in [5, 5.41) is 3.51. The van der Waals surface area contributed by atoms with Crippen molar-refractivity contribution in [2.75, 3.05) is 39.4 Å². The fourth-order valence-electron chi connectivity index (χ4n) is 2.11. The van der Waals surface area contributed by atoms with E-state index < -0.39 is 0 Å². The second kappa shape index (κ2) is 8.04. The van der Waals surface area contributed by atoms with Crippen LogP contribution < -0.4 is 5.32 Å². The van der Waals surface area contributed by atoms with Gasteiger partial charge >= 0.3 is 0 Å². The van der Waals surface area contributed by atoms with E-state index >= 15 is 0 Å². The molecule has 0 amide bonds. The summed E-state index contributed by atoms with van der Waals surface area (Å²) in [4.78, 5) is 2.50. The van der Waals surface area contributed by atoms with Gasteiger partial charge in [0.25, 0.3) is 0 Å². The van der Waals surface area contributed by atoms with Crippen LogP contribution in [-0.2, 0) is 4.74 Å². The summed E-state index contributed by atoms with van der Waals surface area (Å²) in [5.41, 5.74) is 0. The normalized spacial score (nSPS) is 22.1. The van der Waals surface area contributed by atoms with Crippen LogP contribution in [0.2, 0.25) is 0 Å². The van der Waals surface area contributed by atoms with Crippen LogP contribution in [-0.4, -0.2) is 50.3 Å². The molecule has 0 spiro atoms. The largest absolute Gasteiger partial charge is 0.380 e. The Morgan fingerprint density at radius 2 is 2.19 bits per heavy atom. The molecule has 0 aliphatic carbocycles. The molecule has 3 nitrogen and oxygen atoms in total. The molecule has 1 atom stereocenters. The van der Waals surface area contributed by atoms with Gasteiger partial charge in [-0.1, -0.05) is 20.8 Å². The Bertz CT molecular complexity index is 173. The molecule has 1 fully saturated rings. The Hall–Kier alpha value is -0.120. The lowest BCUT2D eigenvalue weighted by molar-refractivity contribution is 0.102. The summed E-state index contributed by atoms with van der Waals surface area (Å²) in [6, 6.07) is 0.709. The minimum absolute atomic E-state index is 0.709. The van der Waals surface area contributed by atoms with E-state index in [9.17, 15) is 0 Å². The first-order chi connectivity index (χ1) is 7.72. The molecular formula is C13H28N2O. The van der Waals surface area contributed by atoms with Crippen LogP contribution in [0.25, 0.3) is 0 Å². The van der Waals surface area contributed by atoms with E-state index in [0.29, 0.717) is 6.04 Å². The third kappa shape index (κ3) is 5.83. The minimum Gasteiger partial charge on any atom is -0.380 e. The van der Waals surface area contributed by atoms with Crippen molar-refractivity contribution in [1.82, 2.24) is 10.2 Å². The Kier molecular flexibility index (Phi) is 7.01. The van der Waals surface area contributed by atoms with Crippen LogP contribution in [0.3, 0.4) is 0 Å². The fourth-order valence-corrected chi connectivity index (χ4v) is 2.11. The number of likely N-dealkylation sites (N-methyl/N-ethyl adjacent to an activating group) is 1. The molecule has 1 saturated heterocycles. The molecular weight excluding hydrogens is 200 g/mol. The first-order valence-electron chi connectivity index (χ1n) is 6.75. The highest BCUT2D eigenvalue weighted by atomic mass is 16.5. The maximum absolute atomic E-state index is 5.64. The molecule has 0 aromatic rings. The van der Waals surface area contributed by atoms with E-state index in [2.05, 4.69) is 31.0 Å². The van der Waals surface area contributed by atoms with Gasteiger partial charge < -0.3 is 10.1 Å². The highest BCUT2D eigenvalue weighted by molar-refractivity contribution is 4.80. The standard InChI is InChI=1S/C13H28N2O/c1-4-14-13-5-7-15(11-13)8-10-16-9-6-12(2)3/h12-14H,4-11H2,1-3H3. The van der Waals surface area contributed by atoms with Crippen molar-refractivity contribution in [2.24, 2.45) is 5.92 Å². The van der Waals surface area contributed by atoms with Crippen molar-refractivity contribution in [2.45, 2.75) is 39.7 Å². The molecule has 0 radical (unpaired) electrons. The summed E-state index contributed by atoms with van der Waals surface area (Å²) in [6.45, 7) is 13.1. The maximum atomic E-state index is 5.64. The Morgan fingerprint density at radius 3 is 2.88 bits per heavy atom. The zero-order chi connectivity index (χ0) is 11.8. The second-order valence-electron chi connectivity index (χ2n) is 5.14. The molecule has 1 aliphatic rings. The van der Waals surface area contributed by atoms with E-state index in [1.807, 2.05) is 0 Å². The average molecular weight is 228 g/mol. The zero-order valence-corrected chi connectivity index (χ0v) is 11.2. The molecule has 1 rings (SSSR count). The molecule has 0 aromatic heterocycles. The zero-order valence-electron chi connectivity index (χ0n) is 11.2. The number of likely N-dealkylation sites (tertiary alicyclic amines) is 1. The van der Waals surface area contributed by atoms with Gasteiger partial charge in [-0.05, 0) is 31.8 Å². The van der Waals surface area contributed by atoms with Crippen LogP contribution in [0.15, 0.2) is 0 Å². The number of ether oxygens (including phenoxy) is 1. The molecule has 1 heterocycles. The monoisotopic (exact) mass is 228 g/mol. The molecule has 1 unspecified atom stereocenters. The molecule has 1 N–H and O–H groups in total. The van der Waals surface area contributed by atoms with Gasteiger partial charge in [-0.15, -0.1) is 0 Å². The van der Waals surface area contributed by atoms with Gasteiger partial charge in [-0.3, -0.25) is 4.90 Å². The molecule has 0 bridgehead atoms. The Labute approximate surface area is 101 Å². The average Bonchev–Trinajstić information content (AvgIpc) is 2.65. The van der Waals surface area contributed by atoms with Crippen LogP contribution >= 0.6 is 0 Å². The first kappa shape index (κ1) is 13.9. The lowest BCUT2D eigenvalue weighted by Gasteiger charge is -2.16. The van der Waals surface area contributed by atoms with Crippen LogP contribution in [0.4, 0.5) is 0 Å². The summed E-state index contributed by atoms with van der Waals surface area (Å²) >= 11 is 0. The third-order valence-corrected chi connectivity index (χ3v) is 3.16. The SMILES string of the molecule is CCNC1CCN(CCOCCC(C)C)C1. The van der Waals surface area contributed by atoms with Crippen molar-refractivity contribution >= 4 is 0 Å². The fraction of sp³-hybridized carbons (Fsp3) is 1.00. The van der Waals surface area contributed by atoms with Crippen molar-refractivity contribution in [1.29, 1.82) is 0 Å². The predicted octanol–water partition coefficient (Wildman–Crippen LogP) is 1.73. The summed E-state index contributed by atoms with van der Waals surface area (Å²) in [5.74, 6) is 0.755. The lowest BCUT2D eigenvalue weighted by Crippen LogP contribution is -2.33. The predicted molar refractivity (Wildman–Crippen MR) is 68.8 cm³/mol.